The van der Waals surface area contributed by atoms with E-state index in [0.717, 1.165) is 36.4 Å². The molecule has 0 saturated carbocycles. The van der Waals surface area contributed by atoms with Crippen LogP contribution in [0.25, 0.3) is 0 Å². The molecular formula is C13H19NO2S. The largest absolute Gasteiger partial charge is 0.462 e. The van der Waals surface area contributed by atoms with Crippen LogP contribution >= 0.6 is 11.3 Å². The van der Waals surface area contributed by atoms with Crippen LogP contribution in [0.1, 0.15) is 47.5 Å². The molecule has 0 amide bonds. The molecule has 94 valence electrons. The predicted octanol–water partition coefficient (Wildman–Crippen LogP) is 3.24. The monoisotopic (exact) mass is 253 g/mol. The van der Waals surface area contributed by atoms with Gasteiger partial charge in [0.2, 0.25) is 0 Å². The van der Waals surface area contributed by atoms with Gasteiger partial charge in [-0.15, -0.1) is 11.3 Å². The molecule has 1 N–H and O–H groups in total. The molecule has 0 aliphatic heterocycles. The molecule has 1 aromatic rings. The zero-order valence-corrected chi connectivity index (χ0v) is 11.3. The molecule has 3 nitrogen and oxygen atoms in total. The van der Waals surface area contributed by atoms with Gasteiger partial charge >= 0.3 is 5.97 Å². The van der Waals surface area contributed by atoms with Crippen molar-refractivity contribution in [3.8, 4) is 0 Å². The number of thiophene rings is 1. The molecule has 0 radical (unpaired) electrons. The van der Waals surface area contributed by atoms with Crippen LogP contribution in [0.5, 0.6) is 0 Å². The summed E-state index contributed by atoms with van der Waals surface area (Å²) >= 11 is 1.73. The Labute approximate surface area is 106 Å². The van der Waals surface area contributed by atoms with Gasteiger partial charge in [0.15, 0.2) is 0 Å². The third-order valence-corrected chi connectivity index (χ3v) is 4.19. The van der Waals surface area contributed by atoms with Crippen molar-refractivity contribution < 1.29 is 9.53 Å². The first-order chi connectivity index (χ1) is 8.27. The van der Waals surface area contributed by atoms with Gasteiger partial charge in [0.05, 0.1) is 12.2 Å². The Bertz CT molecular complexity index is 412. The summed E-state index contributed by atoms with van der Waals surface area (Å²) in [5.74, 6) is -0.162. The molecule has 17 heavy (non-hydrogen) atoms. The second-order valence-electron chi connectivity index (χ2n) is 4.21. The van der Waals surface area contributed by atoms with Crippen molar-refractivity contribution in [3.63, 3.8) is 0 Å². The van der Waals surface area contributed by atoms with Crippen LogP contribution in [0.2, 0.25) is 0 Å². The highest BCUT2D eigenvalue weighted by Gasteiger charge is 2.27. The summed E-state index contributed by atoms with van der Waals surface area (Å²) in [7, 11) is 0. The number of nitrogens with one attached hydrogen (secondary N) is 1. The maximum Gasteiger partial charge on any atom is 0.341 e. The predicted molar refractivity (Wildman–Crippen MR) is 71.1 cm³/mol. The van der Waals surface area contributed by atoms with Crippen molar-refractivity contribution in [2.45, 2.75) is 39.5 Å². The second-order valence-corrected chi connectivity index (χ2v) is 5.31. The second kappa shape index (κ2) is 5.54. The van der Waals surface area contributed by atoms with Crippen LogP contribution in [0.4, 0.5) is 5.00 Å². The van der Waals surface area contributed by atoms with Crippen molar-refractivity contribution in [1.29, 1.82) is 0 Å². The van der Waals surface area contributed by atoms with Crippen molar-refractivity contribution in [2.75, 3.05) is 18.5 Å². The molecule has 2 rings (SSSR count). The van der Waals surface area contributed by atoms with Gasteiger partial charge in [-0.3, -0.25) is 0 Å². The van der Waals surface area contributed by atoms with Crippen LogP contribution in [0, 0.1) is 0 Å². The van der Waals surface area contributed by atoms with Crippen LogP contribution in [-0.2, 0) is 17.6 Å². The highest BCUT2D eigenvalue weighted by molar-refractivity contribution is 7.16. The third kappa shape index (κ3) is 2.46. The smallest absolute Gasteiger partial charge is 0.341 e. The SMILES string of the molecule is CCCNc1sc2c(c1C(=O)OCC)CCC2. The molecule has 1 aromatic heterocycles. The number of anilines is 1. The van der Waals surface area contributed by atoms with E-state index < -0.39 is 0 Å². The standard InChI is InChI=1S/C13H19NO2S/c1-3-8-14-12-11(13(15)16-4-2)9-6-5-7-10(9)17-12/h14H,3-8H2,1-2H3. The van der Waals surface area contributed by atoms with E-state index in [1.54, 1.807) is 11.3 Å². The quantitative estimate of drug-likeness (QED) is 0.819. The lowest BCUT2D eigenvalue weighted by atomic mass is 10.1. The molecule has 0 spiro atoms. The lowest BCUT2D eigenvalue weighted by molar-refractivity contribution is 0.0527. The average molecular weight is 253 g/mol. The first-order valence-corrected chi connectivity index (χ1v) is 7.15. The van der Waals surface area contributed by atoms with Crippen molar-refractivity contribution >= 4 is 22.3 Å². The minimum absolute atomic E-state index is 0.162. The normalized spacial score (nSPS) is 13.5. The van der Waals surface area contributed by atoms with Gasteiger partial charge in [-0.25, -0.2) is 4.79 Å². The summed E-state index contributed by atoms with van der Waals surface area (Å²) in [4.78, 5) is 13.4. The number of hydrogen-bond acceptors (Lipinski definition) is 4. The number of ether oxygens (including phenoxy) is 1. The van der Waals surface area contributed by atoms with Crippen molar-refractivity contribution in [3.05, 3.63) is 16.0 Å². The van der Waals surface area contributed by atoms with Crippen molar-refractivity contribution in [1.82, 2.24) is 0 Å². The van der Waals surface area contributed by atoms with E-state index >= 15 is 0 Å². The Hall–Kier alpha value is -1.03. The highest BCUT2D eigenvalue weighted by Crippen LogP contribution is 2.39. The van der Waals surface area contributed by atoms with Crippen LogP contribution in [0.15, 0.2) is 0 Å². The number of rotatable bonds is 5. The number of carbonyl (C=O) groups excluding carboxylic acids is 1. The summed E-state index contributed by atoms with van der Waals surface area (Å²) in [6, 6.07) is 0. The van der Waals surface area contributed by atoms with Gasteiger partial charge in [-0.2, -0.15) is 0 Å². The van der Waals surface area contributed by atoms with Crippen LogP contribution < -0.4 is 5.32 Å². The zero-order chi connectivity index (χ0) is 12.3. The fraction of sp³-hybridized carbons (Fsp3) is 0.615. The van der Waals surface area contributed by atoms with E-state index in [1.807, 2.05) is 6.92 Å². The van der Waals surface area contributed by atoms with Gasteiger partial charge < -0.3 is 10.1 Å². The molecule has 4 heteroatoms. The van der Waals surface area contributed by atoms with E-state index in [9.17, 15) is 4.79 Å². The summed E-state index contributed by atoms with van der Waals surface area (Å²) < 4.78 is 5.16. The molecule has 1 heterocycles. The Morgan fingerprint density at radius 3 is 2.94 bits per heavy atom. The van der Waals surface area contributed by atoms with E-state index in [0.29, 0.717) is 6.61 Å². The molecule has 0 atom stereocenters. The molecule has 0 saturated heterocycles. The first kappa shape index (κ1) is 12.4. The van der Waals surface area contributed by atoms with Gasteiger partial charge in [-0.1, -0.05) is 6.92 Å². The maximum atomic E-state index is 12.0. The summed E-state index contributed by atoms with van der Waals surface area (Å²) in [6.45, 7) is 5.32. The summed E-state index contributed by atoms with van der Waals surface area (Å²) in [5.41, 5.74) is 2.03. The highest BCUT2D eigenvalue weighted by atomic mass is 32.1. The molecule has 0 unspecified atom stereocenters. The molecular weight excluding hydrogens is 234 g/mol. The lowest BCUT2D eigenvalue weighted by Crippen LogP contribution is -2.10. The molecule has 0 aromatic carbocycles. The topological polar surface area (TPSA) is 38.3 Å². The average Bonchev–Trinajstić information content (AvgIpc) is 2.85. The Balaban J connectivity index is 2.28. The number of carbonyl (C=O) groups is 1. The van der Waals surface area contributed by atoms with Gasteiger partial charge in [0.1, 0.15) is 5.00 Å². The van der Waals surface area contributed by atoms with Crippen LogP contribution in [0.3, 0.4) is 0 Å². The number of esters is 1. The van der Waals surface area contributed by atoms with Crippen LogP contribution in [-0.4, -0.2) is 19.1 Å². The summed E-state index contributed by atoms with van der Waals surface area (Å²) in [6.07, 6.45) is 4.36. The Morgan fingerprint density at radius 1 is 1.41 bits per heavy atom. The van der Waals surface area contributed by atoms with Gasteiger partial charge in [-0.05, 0) is 38.2 Å². The lowest BCUT2D eigenvalue weighted by Gasteiger charge is -2.07. The summed E-state index contributed by atoms with van der Waals surface area (Å²) in [5, 5.41) is 4.36. The minimum atomic E-state index is -0.162. The third-order valence-electron chi connectivity index (χ3n) is 2.94. The molecule has 0 bridgehead atoms. The number of aryl methyl sites for hydroxylation is 1. The molecule has 1 aliphatic rings. The zero-order valence-electron chi connectivity index (χ0n) is 10.5. The van der Waals surface area contributed by atoms with E-state index in [4.69, 9.17) is 4.74 Å². The molecule has 1 aliphatic carbocycles. The Morgan fingerprint density at radius 2 is 2.24 bits per heavy atom. The number of hydrogen-bond donors (Lipinski definition) is 1. The fourth-order valence-electron chi connectivity index (χ4n) is 2.19. The van der Waals surface area contributed by atoms with Gasteiger partial charge in [0, 0.05) is 11.4 Å². The fourth-order valence-corrected chi connectivity index (χ4v) is 3.49. The molecule has 0 fully saturated rings. The van der Waals surface area contributed by atoms with Crippen molar-refractivity contribution in [2.24, 2.45) is 0 Å². The van der Waals surface area contributed by atoms with E-state index in [2.05, 4.69) is 12.2 Å². The van der Waals surface area contributed by atoms with E-state index in [1.165, 1.54) is 16.9 Å². The van der Waals surface area contributed by atoms with Gasteiger partial charge in [0.25, 0.3) is 0 Å². The minimum Gasteiger partial charge on any atom is -0.462 e. The Kier molecular flexibility index (Phi) is 4.05. The maximum absolute atomic E-state index is 12.0. The first-order valence-electron chi connectivity index (χ1n) is 6.33. The number of fused-ring (bicyclic) bond motifs is 1. The van der Waals surface area contributed by atoms with E-state index in [-0.39, 0.29) is 5.97 Å².